The van der Waals surface area contributed by atoms with E-state index in [4.69, 9.17) is 28.4 Å². The SMILES string of the molecule is CCCCCCCCCCCCC/C=C\C/C=C\CCCCCCCCCCCCCCCCCCCC(=O)NC(COC1OC(CO)C(OC2OC(CO)C(O)C(OC3(C(=O)O)CC(O)C(NC(C)=O)C(C(O)C(O)CO)O3)C2O)C(O)C1O)C(O)/C=C/CCCCCCCCCCCCCCC. The summed E-state index contributed by atoms with van der Waals surface area (Å²) in [4.78, 5) is 38.7. The first kappa shape index (κ1) is 95.2. The summed E-state index contributed by atoms with van der Waals surface area (Å²) in [6, 6.07) is -2.62. The van der Waals surface area contributed by atoms with Crippen LogP contribution in [0.4, 0.5) is 0 Å². The van der Waals surface area contributed by atoms with Gasteiger partial charge in [-0.3, -0.25) is 9.59 Å². The number of unbranched alkanes of at least 4 members (excludes halogenated alkanes) is 41. The number of amides is 2. The molecule has 608 valence electrons. The van der Waals surface area contributed by atoms with E-state index in [0.29, 0.717) is 12.8 Å². The van der Waals surface area contributed by atoms with Gasteiger partial charge in [-0.15, -0.1) is 0 Å². The van der Waals surface area contributed by atoms with Gasteiger partial charge in [0.2, 0.25) is 11.8 Å². The molecule has 0 aliphatic carbocycles. The maximum atomic E-state index is 13.5. The highest BCUT2D eigenvalue weighted by Crippen LogP contribution is 2.39. The lowest BCUT2D eigenvalue weighted by atomic mass is 9.88. The maximum absolute atomic E-state index is 13.5. The molecule has 0 aromatic heterocycles. The molecule has 104 heavy (non-hydrogen) atoms. The van der Waals surface area contributed by atoms with Gasteiger partial charge in [-0.05, 0) is 51.4 Å². The second-order valence-corrected chi connectivity index (χ2v) is 30.0. The number of allylic oxidation sites excluding steroid dienone is 5. The normalized spacial score (nSPS) is 26.5. The molecule has 23 nitrogen and oxygen atoms in total. The number of carboxylic acid groups (broad SMARTS) is 1. The molecule has 0 aromatic carbocycles. The number of aliphatic hydroxyl groups excluding tert-OH is 11. The van der Waals surface area contributed by atoms with Gasteiger partial charge in [0.15, 0.2) is 12.6 Å². The molecule has 2 amide bonds. The molecule has 3 fully saturated rings. The van der Waals surface area contributed by atoms with E-state index in [0.717, 1.165) is 58.3 Å². The zero-order chi connectivity index (χ0) is 76.0. The predicted molar refractivity (Wildman–Crippen MR) is 403 cm³/mol. The molecule has 14 N–H and O–H groups in total. The lowest BCUT2D eigenvalue weighted by Crippen LogP contribution is -2.70. The third kappa shape index (κ3) is 39.5. The van der Waals surface area contributed by atoms with E-state index in [2.05, 4.69) is 48.8 Å². The summed E-state index contributed by atoms with van der Waals surface area (Å²) in [5.74, 6) is -6.14. The lowest BCUT2D eigenvalue weighted by Gasteiger charge is -2.50. The molecular weight excluding hydrogens is 1340 g/mol. The standard InChI is InChI=1S/C81H148N2O21/c1-4-6-8-10-12-14-16-18-20-21-22-23-24-25-26-27-28-29-30-31-32-33-34-35-36-37-38-39-41-43-45-47-49-51-53-55-68(91)83-62(63(88)54-52-50-48-46-44-42-40-19-17-15-13-11-9-7-5-2)60-99-78-73(95)72(94)75(67(59-86)101-78)102-79-74(96)77(71(93)66(58-85)100-79)104-81(80(97)98)56-64(89)69(82-61(3)87)76(103-81)70(92)65(90)57-84/h24-25,27-28,52,54,62-67,69-79,84-86,88-90,92-96H,4-23,26,29-51,53,55-60H2,1-3H3,(H,82,87)(H,83,91)(H,97,98)/b25-24-,28-27-,54-52+. The zero-order valence-electron chi connectivity index (χ0n) is 64.4. The van der Waals surface area contributed by atoms with E-state index in [-0.39, 0.29) is 12.3 Å². The van der Waals surface area contributed by atoms with E-state index >= 15 is 0 Å². The zero-order valence-corrected chi connectivity index (χ0v) is 64.4. The van der Waals surface area contributed by atoms with E-state index in [1.165, 1.54) is 225 Å². The Morgan fingerprint density at radius 3 is 1.36 bits per heavy atom. The van der Waals surface area contributed by atoms with E-state index in [1.54, 1.807) is 6.08 Å². The Bertz CT molecular complexity index is 2210. The number of aliphatic hydroxyl groups is 11. The average Bonchev–Trinajstić information content (AvgIpc) is 0.754. The van der Waals surface area contributed by atoms with E-state index in [1.807, 2.05) is 6.08 Å². The molecule has 3 aliphatic rings. The van der Waals surface area contributed by atoms with Gasteiger partial charge in [0.05, 0.1) is 50.7 Å². The van der Waals surface area contributed by atoms with Crippen LogP contribution in [0.5, 0.6) is 0 Å². The van der Waals surface area contributed by atoms with Gasteiger partial charge in [-0.2, -0.15) is 0 Å². The monoisotopic (exact) mass is 1490 g/mol. The van der Waals surface area contributed by atoms with Crippen LogP contribution in [0.3, 0.4) is 0 Å². The molecule has 3 heterocycles. The van der Waals surface area contributed by atoms with Gasteiger partial charge in [0.25, 0.3) is 5.79 Å². The highest BCUT2D eigenvalue weighted by atomic mass is 16.8. The fourth-order valence-corrected chi connectivity index (χ4v) is 14.3. The Morgan fingerprint density at radius 2 is 0.933 bits per heavy atom. The van der Waals surface area contributed by atoms with Crippen molar-refractivity contribution in [1.82, 2.24) is 10.6 Å². The van der Waals surface area contributed by atoms with Gasteiger partial charge < -0.3 is 100 Å². The molecule has 18 unspecified atom stereocenters. The fraction of sp³-hybridized carbons (Fsp3) is 0.889. The fourth-order valence-electron chi connectivity index (χ4n) is 14.3. The van der Waals surface area contributed by atoms with Crippen LogP contribution >= 0.6 is 0 Å². The molecule has 0 aromatic rings. The molecule has 3 rings (SSSR count). The predicted octanol–water partition coefficient (Wildman–Crippen LogP) is 11.3. The van der Waals surface area contributed by atoms with Crippen molar-refractivity contribution in [2.75, 3.05) is 26.4 Å². The second-order valence-electron chi connectivity index (χ2n) is 30.0. The Hall–Kier alpha value is -3.05. The number of hydrogen-bond donors (Lipinski definition) is 14. The molecule has 23 heteroatoms. The summed E-state index contributed by atoms with van der Waals surface area (Å²) in [5.41, 5.74) is 0. The van der Waals surface area contributed by atoms with Crippen LogP contribution in [0, 0.1) is 0 Å². The minimum atomic E-state index is -3.08. The Morgan fingerprint density at radius 1 is 0.510 bits per heavy atom. The highest BCUT2D eigenvalue weighted by molar-refractivity contribution is 5.77. The Balaban J connectivity index is 1.44. The van der Waals surface area contributed by atoms with Gasteiger partial charge in [0, 0.05) is 19.8 Å². The lowest BCUT2D eigenvalue weighted by molar-refractivity contribution is -0.386. The molecular formula is C81H148N2O21. The van der Waals surface area contributed by atoms with Crippen LogP contribution < -0.4 is 10.6 Å². The number of rotatable bonds is 65. The summed E-state index contributed by atoms with van der Waals surface area (Å²) in [6.07, 6.45) is 39.2. The van der Waals surface area contributed by atoms with Crippen molar-refractivity contribution >= 4 is 17.8 Å². The van der Waals surface area contributed by atoms with Gasteiger partial charge in [-0.1, -0.05) is 288 Å². The first-order valence-electron chi connectivity index (χ1n) is 41.4. The van der Waals surface area contributed by atoms with Gasteiger partial charge >= 0.3 is 5.97 Å². The summed E-state index contributed by atoms with van der Waals surface area (Å²) < 4.78 is 34.9. The second kappa shape index (κ2) is 59.8. The summed E-state index contributed by atoms with van der Waals surface area (Å²) in [6.45, 7) is 2.17. The van der Waals surface area contributed by atoms with E-state index in [9.17, 15) is 75.7 Å². The Labute approximate surface area is 625 Å². The molecule has 0 saturated carbocycles. The largest absolute Gasteiger partial charge is 0.477 e. The van der Waals surface area contributed by atoms with Crippen molar-refractivity contribution in [2.45, 2.75) is 432 Å². The summed E-state index contributed by atoms with van der Waals surface area (Å²) in [7, 11) is 0. The van der Waals surface area contributed by atoms with Crippen molar-refractivity contribution in [2.24, 2.45) is 0 Å². The molecule has 0 bridgehead atoms. The number of ether oxygens (including phenoxy) is 6. The van der Waals surface area contributed by atoms with Crippen molar-refractivity contribution < 1.29 is 104 Å². The Kier molecular flexibility index (Phi) is 54.7. The molecule has 18 atom stereocenters. The van der Waals surface area contributed by atoms with Crippen LogP contribution in [-0.4, -0.2) is 215 Å². The first-order chi connectivity index (χ1) is 50.4. The molecule has 3 saturated heterocycles. The van der Waals surface area contributed by atoms with Crippen molar-refractivity contribution in [3.63, 3.8) is 0 Å². The van der Waals surface area contributed by atoms with Gasteiger partial charge in [-0.25, -0.2) is 4.79 Å². The maximum Gasteiger partial charge on any atom is 0.364 e. The molecule has 0 spiro atoms. The van der Waals surface area contributed by atoms with E-state index < -0.39 is 155 Å². The van der Waals surface area contributed by atoms with Crippen molar-refractivity contribution in [3.8, 4) is 0 Å². The van der Waals surface area contributed by atoms with Gasteiger partial charge in [0.1, 0.15) is 67.1 Å². The smallest absolute Gasteiger partial charge is 0.364 e. The first-order valence-corrected chi connectivity index (χ1v) is 41.4. The minimum absolute atomic E-state index is 0.201. The van der Waals surface area contributed by atoms with Crippen LogP contribution in [0.15, 0.2) is 36.5 Å². The number of carbonyl (C=O) groups excluding carboxylic acids is 2. The minimum Gasteiger partial charge on any atom is -0.477 e. The van der Waals surface area contributed by atoms with Crippen LogP contribution in [0.25, 0.3) is 0 Å². The van der Waals surface area contributed by atoms with Crippen molar-refractivity contribution in [1.29, 1.82) is 0 Å². The highest BCUT2D eigenvalue weighted by Gasteiger charge is 2.60. The number of aliphatic carboxylic acids is 1. The quantitative estimate of drug-likeness (QED) is 0.0199. The number of carboxylic acids is 1. The van der Waals surface area contributed by atoms with Crippen LogP contribution in [-0.2, 0) is 42.8 Å². The molecule has 3 aliphatic heterocycles. The van der Waals surface area contributed by atoms with Crippen LogP contribution in [0.2, 0.25) is 0 Å². The van der Waals surface area contributed by atoms with Crippen molar-refractivity contribution in [3.05, 3.63) is 36.5 Å². The third-order valence-electron chi connectivity index (χ3n) is 20.8. The third-order valence-corrected chi connectivity index (χ3v) is 20.8. The average molecular weight is 1490 g/mol. The topological polar surface area (TPSA) is 373 Å². The molecule has 0 radical (unpaired) electrons. The summed E-state index contributed by atoms with van der Waals surface area (Å²) in [5, 5.41) is 136. The number of carbonyl (C=O) groups is 3. The number of hydrogen-bond acceptors (Lipinski definition) is 20. The number of nitrogens with one attached hydrogen (secondary N) is 2. The summed E-state index contributed by atoms with van der Waals surface area (Å²) >= 11 is 0. The van der Waals surface area contributed by atoms with Crippen LogP contribution in [0.1, 0.15) is 323 Å².